The summed E-state index contributed by atoms with van der Waals surface area (Å²) in [5, 5.41) is 0.241. The normalized spacial score (nSPS) is 13.0. The SMILES string of the molecule is Cc1cc(N)ccc1N1C(=O)c2ccc(Cl)cc2C1=O.Nc1ncc(C(F)(F)F)cc1Cl. The molecule has 0 bridgehead atoms. The number of halogens is 5. The van der Waals surface area contributed by atoms with Crippen molar-refractivity contribution in [2.45, 2.75) is 13.1 Å². The second kappa shape index (κ2) is 8.68. The van der Waals surface area contributed by atoms with Crippen LogP contribution in [-0.4, -0.2) is 16.8 Å². The van der Waals surface area contributed by atoms with Crippen molar-refractivity contribution in [3.63, 3.8) is 0 Å². The summed E-state index contributed by atoms with van der Waals surface area (Å²) < 4.78 is 35.9. The van der Waals surface area contributed by atoms with Gasteiger partial charge in [0.1, 0.15) is 5.82 Å². The summed E-state index contributed by atoms with van der Waals surface area (Å²) in [7, 11) is 0. The Morgan fingerprint density at radius 2 is 1.59 bits per heavy atom. The molecule has 11 heteroatoms. The highest BCUT2D eigenvalue weighted by atomic mass is 35.5. The maximum atomic E-state index is 12.4. The lowest BCUT2D eigenvalue weighted by atomic mass is 10.1. The number of benzene rings is 2. The third-order valence-electron chi connectivity index (χ3n) is 4.51. The van der Waals surface area contributed by atoms with E-state index >= 15 is 0 Å². The molecule has 166 valence electrons. The van der Waals surface area contributed by atoms with Gasteiger partial charge in [-0.2, -0.15) is 13.2 Å². The van der Waals surface area contributed by atoms with Crippen LogP contribution in [0.4, 0.5) is 30.4 Å². The van der Waals surface area contributed by atoms with Gasteiger partial charge in [-0.3, -0.25) is 9.59 Å². The van der Waals surface area contributed by atoms with Gasteiger partial charge in [-0.05, 0) is 55.0 Å². The van der Waals surface area contributed by atoms with Crippen LogP contribution in [0.1, 0.15) is 31.8 Å². The van der Waals surface area contributed by atoms with E-state index in [1.165, 1.54) is 6.07 Å². The second-order valence-corrected chi connectivity index (χ2v) is 7.61. The van der Waals surface area contributed by atoms with Gasteiger partial charge in [0.25, 0.3) is 11.8 Å². The smallest absolute Gasteiger partial charge is 0.399 e. The molecule has 3 aromatic rings. The molecule has 0 spiro atoms. The Labute approximate surface area is 190 Å². The number of fused-ring (bicyclic) bond motifs is 1. The minimum absolute atomic E-state index is 0.107. The van der Waals surface area contributed by atoms with Crippen LogP contribution in [0.2, 0.25) is 10.0 Å². The van der Waals surface area contributed by atoms with Crippen LogP contribution in [-0.2, 0) is 6.18 Å². The molecule has 0 saturated heterocycles. The summed E-state index contributed by atoms with van der Waals surface area (Å²) in [6.45, 7) is 1.81. The van der Waals surface area contributed by atoms with Crippen molar-refractivity contribution in [2.75, 3.05) is 16.4 Å². The van der Waals surface area contributed by atoms with Gasteiger partial charge in [0.2, 0.25) is 0 Å². The number of rotatable bonds is 1. The minimum Gasteiger partial charge on any atom is -0.399 e. The molecule has 0 fully saturated rings. The molecular formula is C21H15Cl2F3N4O2. The molecule has 0 radical (unpaired) electrons. The van der Waals surface area contributed by atoms with E-state index in [0.717, 1.165) is 16.5 Å². The first-order chi connectivity index (χ1) is 14.9. The summed E-state index contributed by atoms with van der Waals surface area (Å²) in [5.74, 6) is -0.806. The number of carbonyl (C=O) groups is 2. The third-order valence-corrected chi connectivity index (χ3v) is 5.05. The van der Waals surface area contributed by atoms with Crippen LogP contribution in [0.25, 0.3) is 0 Å². The lowest BCUT2D eigenvalue weighted by molar-refractivity contribution is -0.137. The number of aryl methyl sites for hydroxylation is 1. The van der Waals surface area contributed by atoms with Crippen molar-refractivity contribution >= 4 is 52.2 Å². The van der Waals surface area contributed by atoms with Crippen LogP contribution >= 0.6 is 23.2 Å². The van der Waals surface area contributed by atoms with Gasteiger partial charge < -0.3 is 11.5 Å². The Bertz CT molecular complexity index is 1230. The van der Waals surface area contributed by atoms with E-state index < -0.39 is 11.7 Å². The topological polar surface area (TPSA) is 102 Å². The van der Waals surface area contributed by atoms with Crippen LogP contribution < -0.4 is 16.4 Å². The Hall–Kier alpha value is -3.30. The second-order valence-electron chi connectivity index (χ2n) is 6.77. The number of carbonyl (C=O) groups excluding carboxylic acids is 2. The molecule has 1 aliphatic heterocycles. The molecule has 0 unspecified atom stereocenters. The molecule has 2 heterocycles. The maximum absolute atomic E-state index is 12.4. The summed E-state index contributed by atoms with van der Waals surface area (Å²) in [6, 6.07) is 10.5. The van der Waals surface area contributed by atoms with Crippen molar-refractivity contribution in [1.82, 2.24) is 4.98 Å². The first-order valence-corrected chi connectivity index (χ1v) is 9.68. The fraction of sp³-hybridized carbons (Fsp3) is 0.0952. The Morgan fingerprint density at radius 3 is 2.19 bits per heavy atom. The molecule has 4 N–H and O–H groups in total. The molecule has 4 rings (SSSR count). The van der Waals surface area contributed by atoms with Crippen molar-refractivity contribution in [1.29, 1.82) is 0 Å². The highest BCUT2D eigenvalue weighted by molar-refractivity contribution is 6.37. The van der Waals surface area contributed by atoms with Crippen LogP contribution in [0.15, 0.2) is 48.7 Å². The number of amides is 2. The highest BCUT2D eigenvalue weighted by Gasteiger charge is 2.37. The number of nitrogens with zero attached hydrogens (tertiary/aromatic N) is 2. The van der Waals surface area contributed by atoms with Crippen molar-refractivity contribution in [2.24, 2.45) is 0 Å². The summed E-state index contributed by atoms with van der Waals surface area (Å²) in [6.07, 6.45) is -3.79. The van der Waals surface area contributed by atoms with E-state index in [2.05, 4.69) is 4.98 Å². The van der Waals surface area contributed by atoms with E-state index in [9.17, 15) is 22.8 Å². The van der Waals surface area contributed by atoms with Gasteiger partial charge in [0, 0.05) is 16.9 Å². The average Bonchev–Trinajstić information content (AvgIpc) is 2.94. The van der Waals surface area contributed by atoms with Crippen molar-refractivity contribution in [3.05, 3.63) is 81.0 Å². The quantitative estimate of drug-likeness (QED) is 0.358. The van der Waals surface area contributed by atoms with E-state index in [0.29, 0.717) is 33.7 Å². The zero-order valence-corrected chi connectivity index (χ0v) is 17.9. The number of imide groups is 1. The molecule has 1 aliphatic rings. The number of hydrogen-bond donors (Lipinski definition) is 2. The van der Waals surface area contributed by atoms with E-state index in [-0.39, 0.29) is 22.7 Å². The first-order valence-electron chi connectivity index (χ1n) is 8.93. The molecule has 2 aromatic carbocycles. The summed E-state index contributed by atoms with van der Waals surface area (Å²) in [4.78, 5) is 29.2. The van der Waals surface area contributed by atoms with E-state index in [1.807, 2.05) is 6.92 Å². The number of alkyl halides is 3. The number of nitrogens with two attached hydrogens (primary N) is 2. The zero-order valence-electron chi connectivity index (χ0n) is 16.4. The standard InChI is InChI=1S/C15H11ClN2O2.C6H4ClF3N2/c1-8-6-10(17)3-5-13(8)18-14(19)11-4-2-9(16)7-12(11)15(18)20;7-4-1-3(6(8,9)10)2-12-5(4)11/h2-7H,17H2,1H3;1-2H,(H2,11,12). The number of pyridine rings is 1. The molecule has 0 saturated carbocycles. The zero-order chi connectivity index (χ0) is 23.8. The number of aromatic nitrogens is 1. The van der Waals surface area contributed by atoms with Crippen LogP contribution in [0.3, 0.4) is 0 Å². The van der Waals surface area contributed by atoms with Gasteiger partial charge in [-0.25, -0.2) is 9.88 Å². The number of anilines is 3. The van der Waals surface area contributed by atoms with Gasteiger partial charge in [-0.15, -0.1) is 0 Å². The predicted molar refractivity (Wildman–Crippen MR) is 117 cm³/mol. The largest absolute Gasteiger partial charge is 0.417 e. The lowest BCUT2D eigenvalue weighted by Crippen LogP contribution is -2.30. The molecule has 32 heavy (non-hydrogen) atoms. The monoisotopic (exact) mass is 482 g/mol. The van der Waals surface area contributed by atoms with Gasteiger partial charge in [0.05, 0.1) is 27.4 Å². The number of hydrogen-bond acceptors (Lipinski definition) is 5. The molecule has 1 aromatic heterocycles. The van der Waals surface area contributed by atoms with Gasteiger partial charge >= 0.3 is 6.18 Å². The summed E-state index contributed by atoms with van der Waals surface area (Å²) in [5.41, 5.74) is 12.5. The van der Waals surface area contributed by atoms with E-state index in [1.54, 1.807) is 30.3 Å². The summed E-state index contributed by atoms with van der Waals surface area (Å²) >= 11 is 11.2. The van der Waals surface area contributed by atoms with Crippen molar-refractivity contribution in [3.8, 4) is 0 Å². The highest BCUT2D eigenvalue weighted by Crippen LogP contribution is 2.33. The lowest BCUT2D eigenvalue weighted by Gasteiger charge is -2.16. The Morgan fingerprint density at radius 1 is 0.938 bits per heavy atom. The van der Waals surface area contributed by atoms with Crippen LogP contribution in [0, 0.1) is 6.92 Å². The molecule has 2 amide bonds. The fourth-order valence-corrected chi connectivity index (χ4v) is 3.30. The minimum atomic E-state index is -4.43. The predicted octanol–water partition coefficient (Wildman–Crippen LogP) is 5.37. The van der Waals surface area contributed by atoms with E-state index in [4.69, 9.17) is 34.7 Å². The average molecular weight is 483 g/mol. The van der Waals surface area contributed by atoms with Gasteiger partial charge in [-0.1, -0.05) is 23.2 Å². The Balaban J connectivity index is 0.000000207. The first kappa shape index (κ1) is 23.4. The third kappa shape index (κ3) is 4.63. The molecule has 0 aliphatic carbocycles. The number of nitrogen functional groups attached to an aromatic ring is 2. The maximum Gasteiger partial charge on any atom is 0.417 e. The molecule has 0 atom stereocenters. The molecule has 6 nitrogen and oxygen atoms in total. The fourth-order valence-electron chi connectivity index (χ4n) is 2.96. The van der Waals surface area contributed by atoms with Gasteiger partial charge in [0.15, 0.2) is 0 Å². The van der Waals surface area contributed by atoms with Crippen molar-refractivity contribution < 1.29 is 22.8 Å². The molecular weight excluding hydrogens is 468 g/mol. The van der Waals surface area contributed by atoms with Crippen LogP contribution in [0.5, 0.6) is 0 Å². The Kier molecular flexibility index (Phi) is 6.34.